The van der Waals surface area contributed by atoms with E-state index in [2.05, 4.69) is 17.0 Å². The second-order valence-electron chi connectivity index (χ2n) is 8.10. The van der Waals surface area contributed by atoms with Crippen molar-refractivity contribution >= 4 is 11.6 Å². The zero-order valence-electron chi connectivity index (χ0n) is 17.1. The van der Waals surface area contributed by atoms with Gasteiger partial charge in [-0.2, -0.15) is 18.3 Å². The molecule has 8 heteroatoms. The van der Waals surface area contributed by atoms with Gasteiger partial charge < -0.3 is 4.90 Å². The number of hydrogen-bond donors (Lipinski definition) is 0. The van der Waals surface area contributed by atoms with Crippen LogP contribution in [0, 0.1) is 19.8 Å². The minimum Gasteiger partial charge on any atom is -0.337 e. The maximum absolute atomic E-state index is 13.8. The number of hydrogen-bond acceptors (Lipinski definition) is 3. The average Bonchev–Trinajstić information content (AvgIpc) is 3.12. The number of benzene rings is 1. The summed E-state index contributed by atoms with van der Waals surface area (Å²) in [5, 5.41) is 3.98. The summed E-state index contributed by atoms with van der Waals surface area (Å²) in [4.78, 5) is 18.8. The predicted octanol–water partition coefficient (Wildman–Crippen LogP) is 4.90. The van der Waals surface area contributed by atoms with Gasteiger partial charge >= 0.3 is 6.18 Å². The predicted molar refractivity (Wildman–Crippen MR) is 107 cm³/mol. The number of fused-ring (bicyclic) bond motifs is 1. The number of piperidine rings is 1. The largest absolute Gasteiger partial charge is 0.433 e. The zero-order valence-corrected chi connectivity index (χ0v) is 17.1. The zero-order chi connectivity index (χ0) is 21.6. The van der Waals surface area contributed by atoms with Crippen molar-refractivity contribution in [2.75, 3.05) is 13.1 Å². The van der Waals surface area contributed by atoms with Crippen LogP contribution >= 0.6 is 0 Å². The van der Waals surface area contributed by atoms with E-state index in [0.717, 1.165) is 34.6 Å². The van der Waals surface area contributed by atoms with Crippen LogP contribution in [0.25, 0.3) is 16.9 Å². The quantitative estimate of drug-likeness (QED) is 0.597. The molecule has 0 N–H and O–H groups in total. The number of nitrogens with zero attached hydrogens (tertiary/aromatic N) is 4. The maximum Gasteiger partial charge on any atom is 0.433 e. The highest BCUT2D eigenvalue weighted by Gasteiger charge is 2.36. The lowest BCUT2D eigenvalue weighted by Gasteiger charge is -2.29. The lowest BCUT2D eigenvalue weighted by Crippen LogP contribution is -2.38. The molecule has 3 aromatic rings. The molecule has 0 saturated carbocycles. The van der Waals surface area contributed by atoms with Crippen molar-refractivity contribution in [3.63, 3.8) is 0 Å². The number of halogens is 3. The smallest absolute Gasteiger partial charge is 0.337 e. The summed E-state index contributed by atoms with van der Waals surface area (Å²) in [5.41, 5.74) is 1.84. The molecule has 0 atom stereocenters. The van der Waals surface area contributed by atoms with Gasteiger partial charge in [0.25, 0.3) is 5.91 Å². The summed E-state index contributed by atoms with van der Waals surface area (Å²) in [6.07, 6.45) is -2.88. The number of aryl methyl sites for hydroxylation is 2. The number of rotatable bonds is 2. The van der Waals surface area contributed by atoms with Crippen molar-refractivity contribution in [3.8, 4) is 11.3 Å². The van der Waals surface area contributed by atoms with Crippen LogP contribution in [-0.2, 0) is 6.18 Å². The Hall–Kier alpha value is -2.90. The molecule has 1 aromatic carbocycles. The Morgan fingerprint density at radius 2 is 1.77 bits per heavy atom. The molecule has 0 aliphatic carbocycles. The summed E-state index contributed by atoms with van der Waals surface area (Å²) in [6.45, 7) is 7.13. The Labute approximate surface area is 172 Å². The van der Waals surface area contributed by atoms with E-state index < -0.39 is 11.9 Å². The highest BCUT2D eigenvalue weighted by Crippen LogP contribution is 2.33. The number of amides is 1. The molecule has 1 aliphatic heterocycles. The van der Waals surface area contributed by atoms with Gasteiger partial charge in [-0.05, 0) is 55.9 Å². The summed E-state index contributed by atoms with van der Waals surface area (Å²) in [6, 6.07) is 7.75. The Bertz CT molecular complexity index is 1110. The van der Waals surface area contributed by atoms with Gasteiger partial charge in [0.15, 0.2) is 17.0 Å². The van der Waals surface area contributed by atoms with Gasteiger partial charge in [0.05, 0.1) is 5.69 Å². The third-order valence-electron chi connectivity index (χ3n) is 5.81. The Kier molecular flexibility index (Phi) is 5.03. The normalized spacial score (nSPS) is 15.7. The van der Waals surface area contributed by atoms with Crippen molar-refractivity contribution in [3.05, 3.63) is 52.8 Å². The third kappa shape index (κ3) is 3.78. The molecule has 0 radical (unpaired) electrons. The Balaban J connectivity index is 1.80. The minimum atomic E-state index is -4.64. The van der Waals surface area contributed by atoms with E-state index in [1.165, 1.54) is 6.07 Å². The topological polar surface area (TPSA) is 50.5 Å². The van der Waals surface area contributed by atoms with Crippen LogP contribution in [0.5, 0.6) is 0 Å². The van der Waals surface area contributed by atoms with Gasteiger partial charge in [0, 0.05) is 24.7 Å². The lowest BCUT2D eigenvalue weighted by atomic mass is 9.99. The molecule has 5 nitrogen and oxygen atoms in total. The highest BCUT2D eigenvalue weighted by molar-refractivity contribution is 5.93. The van der Waals surface area contributed by atoms with Crippen molar-refractivity contribution in [2.45, 2.75) is 39.8 Å². The van der Waals surface area contributed by atoms with E-state index in [1.54, 1.807) is 11.0 Å². The van der Waals surface area contributed by atoms with Gasteiger partial charge in [-0.25, -0.2) is 9.50 Å². The monoisotopic (exact) mass is 416 g/mol. The number of aromatic nitrogens is 3. The van der Waals surface area contributed by atoms with Crippen molar-refractivity contribution in [1.29, 1.82) is 0 Å². The van der Waals surface area contributed by atoms with Crippen LogP contribution in [0.4, 0.5) is 13.2 Å². The van der Waals surface area contributed by atoms with Gasteiger partial charge in [0.1, 0.15) is 0 Å². The van der Waals surface area contributed by atoms with E-state index in [0.29, 0.717) is 24.6 Å². The number of carbonyl (C=O) groups excluding carboxylic acids is 1. The third-order valence-corrected chi connectivity index (χ3v) is 5.81. The SMILES string of the molecule is Cc1ccc(-c2cc(C(F)(F)F)n3nc(C(=O)N4CCC(C)CC4)cc3n2)cc1C. The summed E-state index contributed by atoms with van der Waals surface area (Å²) < 4.78 is 42.1. The molecule has 3 heterocycles. The Morgan fingerprint density at radius 1 is 1.07 bits per heavy atom. The molecule has 2 aromatic heterocycles. The fraction of sp³-hybridized carbons (Fsp3) is 0.409. The van der Waals surface area contributed by atoms with Crippen LogP contribution in [0.3, 0.4) is 0 Å². The van der Waals surface area contributed by atoms with Gasteiger partial charge in [0.2, 0.25) is 0 Å². The van der Waals surface area contributed by atoms with E-state index in [-0.39, 0.29) is 22.9 Å². The number of alkyl halides is 3. The summed E-state index contributed by atoms with van der Waals surface area (Å²) >= 11 is 0. The molecule has 30 heavy (non-hydrogen) atoms. The van der Waals surface area contributed by atoms with Crippen LogP contribution in [0.2, 0.25) is 0 Å². The van der Waals surface area contributed by atoms with E-state index in [9.17, 15) is 18.0 Å². The number of likely N-dealkylation sites (tertiary alicyclic amines) is 1. The van der Waals surface area contributed by atoms with Crippen LogP contribution in [0.15, 0.2) is 30.3 Å². The molecule has 1 aliphatic rings. The molecule has 0 unspecified atom stereocenters. The van der Waals surface area contributed by atoms with E-state index in [4.69, 9.17) is 0 Å². The first-order valence-corrected chi connectivity index (χ1v) is 9.98. The van der Waals surface area contributed by atoms with Crippen molar-refractivity contribution in [1.82, 2.24) is 19.5 Å². The van der Waals surface area contributed by atoms with Crippen molar-refractivity contribution in [2.24, 2.45) is 5.92 Å². The van der Waals surface area contributed by atoms with Crippen LogP contribution in [-0.4, -0.2) is 38.5 Å². The second-order valence-corrected chi connectivity index (χ2v) is 8.10. The average molecular weight is 416 g/mol. The van der Waals surface area contributed by atoms with E-state index in [1.807, 2.05) is 26.0 Å². The standard InChI is InChI=1S/C22H23F3N4O/c1-13-6-8-28(9-7-13)21(30)18-12-20-26-17(16-5-4-14(2)15(3)10-16)11-19(22(23,24)25)29(20)27-18/h4-5,10-13H,6-9H2,1-3H3. The first kappa shape index (κ1) is 20.4. The molecular weight excluding hydrogens is 393 g/mol. The van der Waals surface area contributed by atoms with Gasteiger partial charge in [-0.15, -0.1) is 0 Å². The summed E-state index contributed by atoms with van der Waals surface area (Å²) in [5.74, 6) is 0.183. The van der Waals surface area contributed by atoms with Crippen LogP contribution < -0.4 is 0 Å². The Morgan fingerprint density at radius 3 is 2.40 bits per heavy atom. The van der Waals surface area contributed by atoms with Crippen LogP contribution in [0.1, 0.15) is 47.1 Å². The molecule has 1 fully saturated rings. The fourth-order valence-corrected chi connectivity index (χ4v) is 3.70. The molecule has 1 saturated heterocycles. The van der Waals surface area contributed by atoms with E-state index >= 15 is 0 Å². The number of carbonyl (C=O) groups is 1. The molecule has 158 valence electrons. The molecular formula is C22H23F3N4O. The van der Waals surface area contributed by atoms with Gasteiger partial charge in [-0.3, -0.25) is 4.79 Å². The van der Waals surface area contributed by atoms with Gasteiger partial charge in [-0.1, -0.05) is 19.1 Å². The summed E-state index contributed by atoms with van der Waals surface area (Å²) in [7, 11) is 0. The maximum atomic E-state index is 13.8. The molecule has 1 amide bonds. The highest BCUT2D eigenvalue weighted by atomic mass is 19.4. The lowest BCUT2D eigenvalue weighted by molar-refractivity contribution is -0.142. The molecule has 4 rings (SSSR count). The molecule has 0 spiro atoms. The molecule has 0 bridgehead atoms. The fourth-order valence-electron chi connectivity index (χ4n) is 3.70. The first-order chi connectivity index (χ1) is 14.1. The van der Waals surface area contributed by atoms with Crippen molar-refractivity contribution < 1.29 is 18.0 Å². The second kappa shape index (κ2) is 7.41. The first-order valence-electron chi connectivity index (χ1n) is 9.98. The minimum absolute atomic E-state index is 0.00628.